The number of rotatable bonds is 3. The van der Waals surface area contributed by atoms with Crippen molar-refractivity contribution >= 4 is 11.3 Å². The first kappa shape index (κ1) is 14.0. The molecule has 2 heterocycles. The van der Waals surface area contributed by atoms with Crippen molar-refractivity contribution in [3.63, 3.8) is 0 Å². The Morgan fingerprint density at radius 3 is 2.47 bits per heavy atom. The second kappa shape index (κ2) is 5.28. The molecule has 0 radical (unpaired) electrons. The zero-order chi connectivity index (χ0) is 14.0. The van der Waals surface area contributed by atoms with Crippen molar-refractivity contribution in [2.24, 2.45) is 5.84 Å². The third-order valence-corrected chi connectivity index (χ3v) is 3.65. The second-order valence-electron chi connectivity index (χ2n) is 4.00. The van der Waals surface area contributed by atoms with Gasteiger partial charge in [0, 0.05) is 11.1 Å². The van der Waals surface area contributed by atoms with Crippen LogP contribution < -0.4 is 11.3 Å². The summed E-state index contributed by atoms with van der Waals surface area (Å²) >= 11 is 1.55. The number of hydrazine groups is 1. The highest BCUT2D eigenvalue weighted by Gasteiger charge is 2.31. The summed E-state index contributed by atoms with van der Waals surface area (Å²) in [5.41, 5.74) is 3.19. The van der Waals surface area contributed by atoms with Gasteiger partial charge in [0.25, 0.3) is 0 Å². The van der Waals surface area contributed by atoms with Crippen molar-refractivity contribution in [1.82, 2.24) is 10.4 Å². The molecule has 0 amide bonds. The summed E-state index contributed by atoms with van der Waals surface area (Å²) in [5.74, 6) is 5.48. The standard InChI is InChI=1S/C12H12F3N3S/c1-7-9(4-5-19-7)11(18-16)10-3-2-8(6-17-10)12(13,14)15/h2-6,11,18H,16H2,1H3. The van der Waals surface area contributed by atoms with Gasteiger partial charge < -0.3 is 0 Å². The monoisotopic (exact) mass is 287 g/mol. The fraction of sp³-hybridized carbons (Fsp3) is 0.250. The number of pyridine rings is 1. The van der Waals surface area contributed by atoms with Crippen LogP contribution >= 0.6 is 11.3 Å². The molecule has 2 aromatic rings. The van der Waals surface area contributed by atoms with E-state index in [0.717, 1.165) is 22.7 Å². The average Bonchev–Trinajstić information content (AvgIpc) is 2.76. The third kappa shape index (κ3) is 2.94. The third-order valence-electron chi connectivity index (χ3n) is 2.79. The molecule has 0 aliphatic carbocycles. The Balaban J connectivity index is 2.33. The van der Waals surface area contributed by atoms with Crippen LogP contribution in [0.2, 0.25) is 0 Å². The molecule has 7 heteroatoms. The predicted octanol–water partition coefficient (Wildman–Crippen LogP) is 3.02. The highest BCUT2D eigenvalue weighted by Crippen LogP contribution is 2.31. The number of alkyl halides is 3. The summed E-state index contributed by atoms with van der Waals surface area (Å²) in [5, 5.41) is 1.90. The minimum Gasteiger partial charge on any atom is -0.271 e. The van der Waals surface area contributed by atoms with Crippen molar-refractivity contribution < 1.29 is 13.2 Å². The Morgan fingerprint density at radius 2 is 2.05 bits per heavy atom. The number of halogens is 3. The van der Waals surface area contributed by atoms with Gasteiger partial charge in [-0.1, -0.05) is 0 Å². The SMILES string of the molecule is Cc1sccc1C(NN)c1ccc(C(F)(F)F)cn1. The van der Waals surface area contributed by atoms with Crippen LogP contribution in [0.3, 0.4) is 0 Å². The van der Waals surface area contributed by atoms with Gasteiger partial charge in [-0.3, -0.25) is 10.8 Å². The molecule has 0 aliphatic rings. The van der Waals surface area contributed by atoms with E-state index in [-0.39, 0.29) is 0 Å². The summed E-state index contributed by atoms with van der Waals surface area (Å²) in [6, 6.07) is 3.82. The van der Waals surface area contributed by atoms with E-state index in [4.69, 9.17) is 5.84 Å². The number of hydrogen-bond donors (Lipinski definition) is 2. The minimum absolute atomic E-state index is 0.409. The zero-order valence-corrected chi connectivity index (χ0v) is 10.8. The molecular weight excluding hydrogens is 275 g/mol. The molecule has 3 N–H and O–H groups in total. The Bertz CT molecular complexity index is 548. The van der Waals surface area contributed by atoms with Gasteiger partial charge in [-0.15, -0.1) is 11.3 Å². The van der Waals surface area contributed by atoms with E-state index in [0.29, 0.717) is 5.69 Å². The molecule has 0 aromatic carbocycles. The summed E-state index contributed by atoms with van der Waals surface area (Å²) in [4.78, 5) is 4.90. The van der Waals surface area contributed by atoms with Gasteiger partial charge in [-0.25, -0.2) is 5.43 Å². The van der Waals surface area contributed by atoms with Gasteiger partial charge in [-0.2, -0.15) is 13.2 Å². The van der Waals surface area contributed by atoms with Crippen molar-refractivity contribution in [1.29, 1.82) is 0 Å². The number of nitrogens with one attached hydrogen (secondary N) is 1. The van der Waals surface area contributed by atoms with E-state index in [1.165, 1.54) is 6.07 Å². The van der Waals surface area contributed by atoms with Gasteiger partial charge >= 0.3 is 6.18 Å². The molecule has 0 bridgehead atoms. The highest BCUT2D eigenvalue weighted by atomic mass is 32.1. The minimum atomic E-state index is -4.38. The zero-order valence-electron chi connectivity index (χ0n) is 10.0. The first-order chi connectivity index (χ1) is 8.93. The lowest BCUT2D eigenvalue weighted by Crippen LogP contribution is -2.29. The first-order valence-corrected chi connectivity index (χ1v) is 6.34. The number of aryl methyl sites for hydroxylation is 1. The quantitative estimate of drug-likeness (QED) is 0.674. The normalized spacial score (nSPS) is 13.5. The number of nitrogens with zero attached hydrogens (tertiary/aromatic N) is 1. The summed E-state index contributed by atoms with van der Waals surface area (Å²) in [7, 11) is 0. The molecule has 1 unspecified atom stereocenters. The van der Waals surface area contributed by atoms with Gasteiger partial charge in [0.2, 0.25) is 0 Å². The molecule has 2 aromatic heterocycles. The molecule has 2 rings (SSSR count). The maximum atomic E-state index is 12.5. The van der Waals surface area contributed by atoms with Gasteiger partial charge in [0.15, 0.2) is 0 Å². The van der Waals surface area contributed by atoms with Gasteiger partial charge in [0.05, 0.1) is 17.3 Å². The second-order valence-corrected chi connectivity index (χ2v) is 5.12. The Kier molecular flexibility index (Phi) is 3.88. The lowest BCUT2D eigenvalue weighted by Gasteiger charge is -2.16. The number of aromatic nitrogens is 1. The number of nitrogens with two attached hydrogens (primary N) is 1. The summed E-state index contributed by atoms with van der Waals surface area (Å²) in [6.07, 6.45) is -3.56. The van der Waals surface area contributed by atoms with E-state index >= 15 is 0 Å². The number of thiophene rings is 1. The van der Waals surface area contributed by atoms with E-state index in [1.54, 1.807) is 11.3 Å². The largest absolute Gasteiger partial charge is 0.417 e. The molecular formula is C12H12F3N3S. The van der Waals surface area contributed by atoms with Crippen molar-refractivity contribution in [3.05, 3.63) is 51.5 Å². The molecule has 0 aliphatic heterocycles. The van der Waals surface area contributed by atoms with Gasteiger partial charge in [0.1, 0.15) is 0 Å². The lowest BCUT2D eigenvalue weighted by molar-refractivity contribution is -0.137. The van der Waals surface area contributed by atoms with Crippen molar-refractivity contribution in [3.8, 4) is 0 Å². The van der Waals surface area contributed by atoms with Crippen molar-refractivity contribution in [2.75, 3.05) is 0 Å². The van der Waals surface area contributed by atoms with Crippen LogP contribution in [-0.2, 0) is 6.18 Å². The van der Waals surface area contributed by atoms with Crippen LogP contribution in [0.4, 0.5) is 13.2 Å². The van der Waals surface area contributed by atoms with Crippen LogP contribution in [0.1, 0.15) is 27.7 Å². The fourth-order valence-electron chi connectivity index (χ4n) is 1.77. The Morgan fingerprint density at radius 1 is 1.32 bits per heavy atom. The van der Waals surface area contributed by atoms with E-state index < -0.39 is 17.8 Å². The van der Waals surface area contributed by atoms with Crippen LogP contribution in [0.25, 0.3) is 0 Å². The molecule has 3 nitrogen and oxygen atoms in total. The van der Waals surface area contributed by atoms with Crippen LogP contribution in [0.5, 0.6) is 0 Å². The summed E-state index contributed by atoms with van der Waals surface area (Å²) in [6.45, 7) is 1.93. The van der Waals surface area contributed by atoms with E-state index in [2.05, 4.69) is 10.4 Å². The molecule has 102 valence electrons. The maximum Gasteiger partial charge on any atom is 0.417 e. The maximum absolute atomic E-state index is 12.5. The van der Waals surface area contributed by atoms with Crippen LogP contribution in [-0.4, -0.2) is 4.98 Å². The number of hydrogen-bond acceptors (Lipinski definition) is 4. The molecule has 19 heavy (non-hydrogen) atoms. The highest BCUT2D eigenvalue weighted by molar-refractivity contribution is 7.10. The average molecular weight is 287 g/mol. The topological polar surface area (TPSA) is 50.9 Å². The molecule has 0 saturated carbocycles. The molecule has 1 atom stereocenters. The summed E-state index contributed by atoms with van der Waals surface area (Å²) < 4.78 is 37.4. The fourth-order valence-corrected chi connectivity index (χ4v) is 2.51. The molecule has 0 spiro atoms. The van der Waals surface area contributed by atoms with Crippen molar-refractivity contribution in [2.45, 2.75) is 19.1 Å². The van der Waals surface area contributed by atoms with E-state index in [1.807, 2.05) is 18.4 Å². The smallest absolute Gasteiger partial charge is 0.271 e. The first-order valence-electron chi connectivity index (χ1n) is 5.46. The van der Waals surface area contributed by atoms with Gasteiger partial charge in [-0.05, 0) is 36.1 Å². The Hall–Kier alpha value is -1.44. The lowest BCUT2D eigenvalue weighted by atomic mass is 10.0. The van der Waals surface area contributed by atoms with Crippen LogP contribution in [0.15, 0.2) is 29.8 Å². The molecule has 0 fully saturated rings. The van der Waals surface area contributed by atoms with Crippen LogP contribution in [0, 0.1) is 6.92 Å². The van der Waals surface area contributed by atoms with E-state index in [9.17, 15) is 13.2 Å². The predicted molar refractivity (Wildman–Crippen MR) is 67.5 cm³/mol. The Labute approximate surface area is 112 Å². The molecule has 0 saturated heterocycles.